The van der Waals surface area contributed by atoms with Crippen LogP contribution in [0.4, 0.5) is 0 Å². The number of pyridine rings is 1. The van der Waals surface area contributed by atoms with Gasteiger partial charge in [0.15, 0.2) is 5.78 Å². The summed E-state index contributed by atoms with van der Waals surface area (Å²) in [4.78, 5) is 16.3. The molecule has 2 aromatic rings. The molecule has 0 unspecified atom stereocenters. The second-order valence-electron chi connectivity index (χ2n) is 3.83. The summed E-state index contributed by atoms with van der Waals surface area (Å²) in [7, 11) is 0. The zero-order chi connectivity index (χ0) is 11.5. The van der Waals surface area contributed by atoms with Crippen molar-refractivity contribution in [2.45, 2.75) is 13.8 Å². The summed E-state index contributed by atoms with van der Waals surface area (Å²) in [5, 5.41) is 0. The molecular weight excluding hydrogens is 198 g/mol. The second kappa shape index (κ2) is 4.27. The molecule has 80 valence electrons. The topological polar surface area (TPSA) is 30.0 Å². The van der Waals surface area contributed by atoms with Crippen LogP contribution in [-0.2, 0) is 0 Å². The van der Waals surface area contributed by atoms with E-state index in [4.69, 9.17) is 0 Å². The molecule has 0 N–H and O–H groups in total. The maximum Gasteiger partial charge on any atom is 0.193 e. The van der Waals surface area contributed by atoms with Gasteiger partial charge in [0.1, 0.15) is 0 Å². The van der Waals surface area contributed by atoms with Crippen LogP contribution in [0.3, 0.4) is 0 Å². The molecule has 1 aromatic heterocycles. The van der Waals surface area contributed by atoms with Gasteiger partial charge < -0.3 is 0 Å². The van der Waals surface area contributed by atoms with Crippen molar-refractivity contribution in [2.24, 2.45) is 0 Å². The van der Waals surface area contributed by atoms with Crippen LogP contribution >= 0.6 is 0 Å². The van der Waals surface area contributed by atoms with E-state index < -0.39 is 0 Å². The van der Waals surface area contributed by atoms with Crippen LogP contribution < -0.4 is 0 Å². The third-order valence-corrected chi connectivity index (χ3v) is 2.65. The number of hydrogen-bond acceptors (Lipinski definition) is 2. The molecule has 0 saturated heterocycles. The summed E-state index contributed by atoms with van der Waals surface area (Å²) in [5.41, 5.74) is 3.40. The first-order valence-electron chi connectivity index (χ1n) is 5.21. The Morgan fingerprint density at radius 1 is 1.00 bits per heavy atom. The van der Waals surface area contributed by atoms with Crippen molar-refractivity contribution in [1.82, 2.24) is 4.98 Å². The van der Waals surface area contributed by atoms with Crippen molar-refractivity contribution in [3.05, 3.63) is 65.0 Å². The quantitative estimate of drug-likeness (QED) is 0.715. The van der Waals surface area contributed by atoms with Crippen molar-refractivity contribution in [1.29, 1.82) is 0 Å². The molecule has 1 heterocycles. The first kappa shape index (κ1) is 10.6. The van der Waals surface area contributed by atoms with E-state index >= 15 is 0 Å². The number of ketones is 1. The van der Waals surface area contributed by atoms with Gasteiger partial charge in [-0.15, -0.1) is 0 Å². The van der Waals surface area contributed by atoms with Crippen LogP contribution in [0, 0.1) is 13.8 Å². The fourth-order valence-electron chi connectivity index (χ4n) is 1.70. The maximum atomic E-state index is 12.3. The number of benzene rings is 1. The summed E-state index contributed by atoms with van der Waals surface area (Å²) in [6, 6.07) is 9.40. The third kappa shape index (κ3) is 1.87. The van der Waals surface area contributed by atoms with Gasteiger partial charge in [-0.25, -0.2) is 0 Å². The highest BCUT2D eigenvalue weighted by Crippen LogP contribution is 2.15. The average Bonchev–Trinajstić information content (AvgIpc) is 2.29. The van der Waals surface area contributed by atoms with Crippen LogP contribution in [0.2, 0.25) is 0 Å². The maximum absolute atomic E-state index is 12.3. The van der Waals surface area contributed by atoms with Gasteiger partial charge >= 0.3 is 0 Å². The van der Waals surface area contributed by atoms with Gasteiger partial charge in [0.2, 0.25) is 0 Å². The SMILES string of the molecule is Cc1ccccc1C(=O)c1ccncc1C. The summed E-state index contributed by atoms with van der Waals surface area (Å²) in [6.45, 7) is 3.85. The van der Waals surface area contributed by atoms with Gasteiger partial charge in [-0.1, -0.05) is 24.3 Å². The van der Waals surface area contributed by atoms with Gasteiger partial charge in [-0.3, -0.25) is 9.78 Å². The van der Waals surface area contributed by atoms with Crippen molar-refractivity contribution in [3.8, 4) is 0 Å². The molecule has 1 aromatic carbocycles. The molecule has 0 aliphatic rings. The lowest BCUT2D eigenvalue weighted by molar-refractivity contribution is 0.103. The van der Waals surface area contributed by atoms with Crippen LogP contribution in [0.25, 0.3) is 0 Å². The lowest BCUT2D eigenvalue weighted by Crippen LogP contribution is -2.05. The van der Waals surface area contributed by atoms with Gasteiger partial charge in [-0.05, 0) is 31.0 Å². The minimum atomic E-state index is 0.0676. The monoisotopic (exact) mass is 211 g/mol. The Balaban J connectivity index is 2.48. The lowest BCUT2D eigenvalue weighted by Gasteiger charge is -2.06. The van der Waals surface area contributed by atoms with Crippen molar-refractivity contribution in [3.63, 3.8) is 0 Å². The highest BCUT2D eigenvalue weighted by molar-refractivity contribution is 6.10. The smallest absolute Gasteiger partial charge is 0.193 e. The van der Waals surface area contributed by atoms with E-state index in [-0.39, 0.29) is 5.78 Å². The number of rotatable bonds is 2. The zero-order valence-electron chi connectivity index (χ0n) is 9.40. The highest BCUT2D eigenvalue weighted by atomic mass is 16.1. The van der Waals surface area contributed by atoms with Crippen molar-refractivity contribution < 1.29 is 4.79 Å². The van der Waals surface area contributed by atoms with Crippen LogP contribution in [0.1, 0.15) is 27.0 Å². The van der Waals surface area contributed by atoms with Crippen molar-refractivity contribution in [2.75, 3.05) is 0 Å². The predicted molar refractivity (Wildman–Crippen MR) is 63.6 cm³/mol. The zero-order valence-corrected chi connectivity index (χ0v) is 9.40. The van der Waals surface area contributed by atoms with Gasteiger partial charge in [0.05, 0.1) is 0 Å². The minimum absolute atomic E-state index is 0.0676. The minimum Gasteiger partial charge on any atom is -0.289 e. The second-order valence-corrected chi connectivity index (χ2v) is 3.83. The Morgan fingerprint density at radius 3 is 2.38 bits per heavy atom. The normalized spacial score (nSPS) is 10.1. The number of aryl methyl sites for hydroxylation is 2. The Bertz CT molecular complexity index is 484. The molecule has 0 amide bonds. The fraction of sp³-hybridized carbons (Fsp3) is 0.143. The molecule has 0 saturated carbocycles. The standard InChI is InChI=1S/C14H13NO/c1-10-5-3-4-6-12(10)14(16)13-7-8-15-9-11(13)2/h3-9H,1-2H3. The first-order valence-corrected chi connectivity index (χ1v) is 5.21. The number of carbonyl (C=O) groups is 1. The first-order chi connectivity index (χ1) is 7.70. The Kier molecular flexibility index (Phi) is 2.82. The predicted octanol–water partition coefficient (Wildman–Crippen LogP) is 2.93. The lowest BCUT2D eigenvalue weighted by atomic mass is 9.97. The molecule has 0 aliphatic carbocycles. The molecule has 0 bridgehead atoms. The molecular formula is C14H13NO. The summed E-state index contributed by atoms with van der Waals surface area (Å²) in [5.74, 6) is 0.0676. The van der Waals surface area contributed by atoms with Gasteiger partial charge in [0, 0.05) is 23.5 Å². The molecule has 0 fully saturated rings. The Morgan fingerprint density at radius 2 is 1.69 bits per heavy atom. The Labute approximate surface area is 95.0 Å². The summed E-state index contributed by atoms with van der Waals surface area (Å²) < 4.78 is 0. The van der Waals surface area contributed by atoms with E-state index in [0.717, 1.165) is 22.3 Å². The van der Waals surface area contributed by atoms with Crippen LogP contribution in [-0.4, -0.2) is 10.8 Å². The van der Waals surface area contributed by atoms with Crippen molar-refractivity contribution >= 4 is 5.78 Å². The van der Waals surface area contributed by atoms with Gasteiger partial charge in [0.25, 0.3) is 0 Å². The van der Waals surface area contributed by atoms with E-state index in [1.54, 1.807) is 18.5 Å². The number of nitrogens with zero attached hydrogens (tertiary/aromatic N) is 1. The van der Waals surface area contributed by atoms with Crippen LogP contribution in [0.15, 0.2) is 42.7 Å². The molecule has 2 rings (SSSR count). The van der Waals surface area contributed by atoms with Gasteiger partial charge in [-0.2, -0.15) is 0 Å². The molecule has 0 radical (unpaired) electrons. The van der Waals surface area contributed by atoms with Crippen LogP contribution in [0.5, 0.6) is 0 Å². The molecule has 2 heteroatoms. The van der Waals surface area contributed by atoms with E-state index in [0.29, 0.717) is 0 Å². The van der Waals surface area contributed by atoms with E-state index in [2.05, 4.69) is 4.98 Å². The molecule has 0 spiro atoms. The molecule has 0 atom stereocenters. The summed E-state index contributed by atoms with van der Waals surface area (Å²) >= 11 is 0. The molecule has 16 heavy (non-hydrogen) atoms. The highest BCUT2D eigenvalue weighted by Gasteiger charge is 2.12. The molecule has 0 aliphatic heterocycles. The summed E-state index contributed by atoms with van der Waals surface area (Å²) in [6.07, 6.45) is 3.37. The van der Waals surface area contributed by atoms with E-state index in [1.165, 1.54) is 0 Å². The fourth-order valence-corrected chi connectivity index (χ4v) is 1.70. The molecule has 2 nitrogen and oxygen atoms in total. The van der Waals surface area contributed by atoms with E-state index in [9.17, 15) is 4.79 Å². The number of carbonyl (C=O) groups excluding carboxylic acids is 1. The number of hydrogen-bond donors (Lipinski definition) is 0. The largest absolute Gasteiger partial charge is 0.289 e. The van der Waals surface area contributed by atoms with E-state index in [1.807, 2.05) is 38.1 Å². The number of aromatic nitrogens is 1. The average molecular weight is 211 g/mol. The third-order valence-electron chi connectivity index (χ3n) is 2.65. The Hall–Kier alpha value is -1.96.